The van der Waals surface area contributed by atoms with Crippen LogP contribution in [0.15, 0.2) is 42.5 Å². The highest BCUT2D eigenvalue weighted by Crippen LogP contribution is 2.26. The maximum Gasteiger partial charge on any atom is 0.265 e. The molecule has 0 saturated carbocycles. The summed E-state index contributed by atoms with van der Waals surface area (Å²) in [5, 5.41) is 2.79. The highest BCUT2D eigenvalue weighted by atomic mass is 16.5. The summed E-state index contributed by atoms with van der Waals surface area (Å²) in [5.41, 5.74) is 0.571. The van der Waals surface area contributed by atoms with Gasteiger partial charge in [-0.3, -0.25) is 4.79 Å². The minimum Gasteiger partial charge on any atom is -0.497 e. The summed E-state index contributed by atoms with van der Waals surface area (Å²) in [5.74, 6) is 2.22. The van der Waals surface area contributed by atoms with E-state index in [4.69, 9.17) is 18.9 Å². The quantitative estimate of drug-likeness (QED) is 0.844. The van der Waals surface area contributed by atoms with Crippen LogP contribution in [0.1, 0.15) is 6.92 Å². The molecule has 0 aliphatic heterocycles. The third kappa shape index (κ3) is 4.55. The molecule has 2 aromatic carbocycles. The van der Waals surface area contributed by atoms with E-state index in [9.17, 15) is 4.79 Å². The Hall–Kier alpha value is -2.89. The number of carbonyl (C=O) groups is 1. The average molecular weight is 331 g/mol. The summed E-state index contributed by atoms with van der Waals surface area (Å²) < 4.78 is 21.1. The lowest BCUT2D eigenvalue weighted by molar-refractivity contribution is -0.122. The van der Waals surface area contributed by atoms with Gasteiger partial charge in [0.15, 0.2) is 6.10 Å². The second kappa shape index (κ2) is 8.10. The summed E-state index contributed by atoms with van der Waals surface area (Å²) in [7, 11) is 4.69. The van der Waals surface area contributed by atoms with E-state index in [0.29, 0.717) is 22.9 Å². The average Bonchev–Trinajstić information content (AvgIpc) is 2.61. The number of carbonyl (C=O) groups excluding carboxylic acids is 1. The number of hydrogen-bond acceptors (Lipinski definition) is 5. The minimum absolute atomic E-state index is 0.277. The lowest BCUT2D eigenvalue weighted by Gasteiger charge is -2.16. The molecule has 0 aliphatic rings. The number of ether oxygens (including phenoxy) is 4. The Morgan fingerprint density at radius 3 is 1.83 bits per heavy atom. The number of methoxy groups -OCH3 is 3. The van der Waals surface area contributed by atoms with Gasteiger partial charge in [0, 0.05) is 23.9 Å². The third-order valence-electron chi connectivity index (χ3n) is 3.36. The Kier molecular flexibility index (Phi) is 5.89. The van der Waals surface area contributed by atoms with Crippen molar-refractivity contribution in [2.45, 2.75) is 13.0 Å². The summed E-state index contributed by atoms with van der Waals surface area (Å²) in [6.45, 7) is 1.68. The summed E-state index contributed by atoms with van der Waals surface area (Å²) in [6, 6.07) is 12.2. The first-order valence-electron chi connectivity index (χ1n) is 7.40. The molecular weight excluding hydrogens is 310 g/mol. The van der Waals surface area contributed by atoms with Crippen molar-refractivity contribution in [2.75, 3.05) is 26.6 Å². The van der Waals surface area contributed by atoms with Gasteiger partial charge in [0.05, 0.1) is 21.3 Å². The molecule has 2 aromatic rings. The van der Waals surface area contributed by atoms with Crippen molar-refractivity contribution in [1.82, 2.24) is 0 Å². The fraction of sp³-hybridized carbons (Fsp3) is 0.278. The molecule has 1 N–H and O–H groups in total. The molecule has 0 unspecified atom stereocenters. The van der Waals surface area contributed by atoms with E-state index >= 15 is 0 Å². The lowest BCUT2D eigenvalue weighted by Crippen LogP contribution is -2.30. The summed E-state index contributed by atoms with van der Waals surface area (Å²) in [4.78, 5) is 12.3. The van der Waals surface area contributed by atoms with Crippen molar-refractivity contribution in [3.8, 4) is 23.0 Å². The minimum atomic E-state index is -0.671. The molecule has 1 atom stereocenters. The van der Waals surface area contributed by atoms with Crippen molar-refractivity contribution in [3.05, 3.63) is 42.5 Å². The largest absolute Gasteiger partial charge is 0.497 e. The predicted molar refractivity (Wildman–Crippen MR) is 91.3 cm³/mol. The smallest absolute Gasteiger partial charge is 0.265 e. The molecule has 6 nitrogen and oxygen atoms in total. The van der Waals surface area contributed by atoms with Gasteiger partial charge in [0.25, 0.3) is 5.91 Å². The van der Waals surface area contributed by atoms with Crippen LogP contribution in [0.25, 0.3) is 0 Å². The van der Waals surface area contributed by atoms with Crippen LogP contribution in [-0.2, 0) is 4.79 Å². The Morgan fingerprint density at radius 2 is 1.33 bits per heavy atom. The first-order chi connectivity index (χ1) is 11.5. The SMILES string of the molecule is COc1ccc(O[C@@H](C)C(=O)Nc2cc(OC)cc(OC)c2)cc1. The van der Waals surface area contributed by atoms with Crippen LogP contribution in [0.2, 0.25) is 0 Å². The molecular formula is C18H21NO5. The van der Waals surface area contributed by atoms with Gasteiger partial charge in [-0.15, -0.1) is 0 Å². The molecule has 0 aliphatic carbocycles. The highest BCUT2D eigenvalue weighted by molar-refractivity contribution is 5.94. The molecule has 128 valence electrons. The first kappa shape index (κ1) is 17.5. The molecule has 2 rings (SSSR count). The number of rotatable bonds is 7. The normalized spacial score (nSPS) is 11.3. The van der Waals surface area contributed by atoms with Gasteiger partial charge in [-0.25, -0.2) is 0 Å². The van der Waals surface area contributed by atoms with E-state index < -0.39 is 6.10 Å². The summed E-state index contributed by atoms with van der Waals surface area (Å²) in [6.07, 6.45) is -0.671. The molecule has 6 heteroatoms. The van der Waals surface area contributed by atoms with Gasteiger partial charge in [-0.1, -0.05) is 0 Å². The second-order valence-electron chi connectivity index (χ2n) is 5.03. The third-order valence-corrected chi connectivity index (χ3v) is 3.36. The number of amides is 1. The molecule has 0 aromatic heterocycles. The Balaban J connectivity index is 2.02. The molecule has 24 heavy (non-hydrogen) atoms. The van der Waals surface area contributed by atoms with Crippen LogP contribution in [0.4, 0.5) is 5.69 Å². The Morgan fingerprint density at radius 1 is 0.833 bits per heavy atom. The number of anilines is 1. The monoisotopic (exact) mass is 331 g/mol. The molecule has 1 amide bonds. The van der Waals surface area contributed by atoms with Crippen LogP contribution < -0.4 is 24.3 Å². The fourth-order valence-corrected chi connectivity index (χ4v) is 2.04. The van der Waals surface area contributed by atoms with Crippen molar-refractivity contribution >= 4 is 11.6 Å². The molecule has 0 saturated heterocycles. The molecule has 0 heterocycles. The fourth-order valence-electron chi connectivity index (χ4n) is 2.04. The van der Waals surface area contributed by atoms with E-state index in [1.807, 2.05) is 0 Å². The van der Waals surface area contributed by atoms with Gasteiger partial charge in [-0.2, -0.15) is 0 Å². The second-order valence-corrected chi connectivity index (χ2v) is 5.03. The maximum absolute atomic E-state index is 12.3. The van der Waals surface area contributed by atoms with E-state index in [0.717, 1.165) is 5.75 Å². The number of hydrogen-bond donors (Lipinski definition) is 1. The number of benzene rings is 2. The molecule has 0 spiro atoms. The van der Waals surface area contributed by atoms with Crippen LogP contribution in [0.3, 0.4) is 0 Å². The van der Waals surface area contributed by atoms with Gasteiger partial charge in [-0.05, 0) is 31.2 Å². The van der Waals surface area contributed by atoms with E-state index in [2.05, 4.69) is 5.32 Å². The van der Waals surface area contributed by atoms with Crippen LogP contribution in [-0.4, -0.2) is 33.3 Å². The molecule has 0 fully saturated rings. The first-order valence-corrected chi connectivity index (χ1v) is 7.40. The lowest BCUT2D eigenvalue weighted by atomic mass is 10.2. The van der Waals surface area contributed by atoms with Gasteiger partial charge in [0.2, 0.25) is 0 Å². The van der Waals surface area contributed by atoms with Crippen LogP contribution >= 0.6 is 0 Å². The van der Waals surface area contributed by atoms with Gasteiger partial charge in [0.1, 0.15) is 23.0 Å². The molecule has 0 bridgehead atoms. The zero-order valence-corrected chi connectivity index (χ0v) is 14.2. The number of nitrogens with one attached hydrogen (secondary N) is 1. The topological polar surface area (TPSA) is 66.0 Å². The van der Waals surface area contributed by atoms with Gasteiger partial charge < -0.3 is 24.3 Å². The highest BCUT2D eigenvalue weighted by Gasteiger charge is 2.16. The molecule has 0 radical (unpaired) electrons. The Labute approximate surface area is 141 Å². The maximum atomic E-state index is 12.3. The Bertz CT molecular complexity index is 662. The van der Waals surface area contributed by atoms with E-state index in [1.165, 1.54) is 0 Å². The van der Waals surface area contributed by atoms with E-state index in [-0.39, 0.29) is 5.91 Å². The zero-order chi connectivity index (χ0) is 17.5. The van der Waals surface area contributed by atoms with Crippen molar-refractivity contribution < 1.29 is 23.7 Å². The van der Waals surface area contributed by atoms with Crippen molar-refractivity contribution in [1.29, 1.82) is 0 Å². The zero-order valence-electron chi connectivity index (χ0n) is 14.2. The van der Waals surface area contributed by atoms with Crippen LogP contribution in [0, 0.1) is 0 Å². The van der Waals surface area contributed by atoms with Crippen LogP contribution in [0.5, 0.6) is 23.0 Å². The summed E-state index contributed by atoms with van der Waals surface area (Å²) >= 11 is 0. The van der Waals surface area contributed by atoms with Crippen molar-refractivity contribution in [3.63, 3.8) is 0 Å². The van der Waals surface area contributed by atoms with Crippen molar-refractivity contribution in [2.24, 2.45) is 0 Å². The standard InChI is InChI=1S/C18H21NO5/c1-12(24-15-7-5-14(21-2)6-8-15)18(20)19-13-9-16(22-3)11-17(10-13)23-4/h5-12H,1-4H3,(H,19,20)/t12-/m0/s1. The van der Waals surface area contributed by atoms with Gasteiger partial charge >= 0.3 is 0 Å². The predicted octanol–water partition coefficient (Wildman–Crippen LogP) is 3.12. The van der Waals surface area contributed by atoms with E-state index in [1.54, 1.807) is 70.7 Å².